The highest BCUT2D eigenvalue weighted by Crippen LogP contribution is 1.97. The highest BCUT2D eigenvalue weighted by molar-refractivity contribution is 5.96. The Labute approximate surface area is 68.6 Å². The third-order valence-corrected chi connectivity index (χ3v) is 1.21. The minimum atomic E-state index is 0.621. The van der Waals surface area contributed by atoms with Crippen LogP contribution in [-0.4, -0.2) is 5.71 Å². The molecule has 0 spiro atoms. The maximum Gasteiger partial charge on any atom is 0.0355 e. The van der Waals surface area contributed by atoms with Crippen LogP contribution in [-0.2, 0) is 0 Å². The lowest BCUT2D eigenvalue weighted by atomic mass is 10.1. The molecule has 0 fully saturated rings. The van der Waals surface area contributed by atoms with E-state index in [0.717, 1.165) is 5.56 Å². The molecule has 0 aliphatic rings. The molecular weight excluding hydrogens is 134 g/mol. The maximum absolute atomic E-state index is 7.24. The largest absolute Gasteiger partial charge is 0.305 e. The van der Waals surface area contributed by atoms with Crippen molar-refractivity contribution in [3.63, 3.8) is 0 Å². The lowest BCUT2D eigenvalue weighted by molar-refractivity contribution is 1.46. The number of benzene rings is 1. The normalized spacial score (nSPS) is 7.91. The zero-order valence-corrected chi connectivity index (χ0v) is 7.39. The molecule has 0 aliphatic carbocycles. The summed E-state index contributed by atoms with van der Waals surface area (Å²) in [4.78, 5) is 0. The summed E-state index contributed by atoms with van der Waals surface area (Å²) >= 11 is 0. The fraction of sp³-hybridized carbons (Fsp3) is 0.300. The third kappa shape index (κ3) is 3.56. The first-order chi connectivity index (χ1) is 5.30. The van der Waals surface area contributed by atoms with Crippen LogP contribution in [0.25, 0.3) is 0 Å². The molecule has 60 valence electrons. The minimum Gasteiger partial charge on any atom is -0.305 e. The molecule has 0 aromatic heterocycles. The van der Waals surface area contributed by atoms with Gasteiger partial charge in [-0.2, -0.15) is 0 Å². The Kier molecular flexibility index (Phi) is 5.09. The number of hydrogen-bond donors (Lipinski definition) is 1. The van der Waals surface area contributed by atoms with Crippen molar-refractivity contribution < 1.29 is 0 Å². The van der Waals surface area contributed by atoms with Crippen molar-refractivity contribution in [3.05, 3.63) is 35.9 Å². The van der Waals surface area contributed by atoms with E-state index in [1.165, 1.54) is 0 Å². The Morgan fingerprint density at radius 3 is 1.82 bits per heavy atom. The second kappa shape index (κ2) is 5.66. The van der Waals surface area contributed by atoms with Gasteiger partial charge in [0, 0.05) is 5.71 Å². The summed E-state index contributed by atoms with van der Waals surface area (Å²) in [7, 11) is 0. The van der Waals surface area contributed by atoms with Crippen LogP contribution in [0, 0.1) is 5.41 Å². The summed E-state index contributed by atoms with van der Waals surface area (Å²) in [5.74, 6) is 0. The average Bonchev–Trinajstić information content (AvgIpc) is 2.10. The van der Waals surface area contributed by atoms with Crippen LogP contribution in [0.1, 0.15) is 26.3 Å². The molecule has 1 heteroatoms. The van der Waals surface area contributed by atoms with E-state index in [1.54, 1.807) is 6.92 Å². The van der Waals surface area contributed by atoms with Gasteiger partial charge >= 0.3 is 0 Å². The Bertz CT molecular complexity index is 201. The molecule has 1 aromatic rings. The molecule has 0 saturated carbocycles. The molecule has 0 amide bonds. The quantitative estimate of drug-likeness (QED) is 0.593. The van der Waals surface area contributed by atoms with Crippen LogP contribution in [0.5, 0.6) is 0 Å². The molecule has 1 aromatic carbocycles. The summed E-state index contributed by atoms with van der Waals surface area (Å²) in [6.07, 6.45) is 0. The lowest BCUT2D eigenvalue weighted by Crippen LogP contribution is -1.88. The fourth-order valence-corrected chi connectivity index (χ4v) is 0.688. The van der Waals surface area contributed by atoms with Crippen molar-refractivity contribution in [2.45, 2.75) is 20.8 Å². The SMILES string of the molecule is CC.CC(=N)c1ccccc1. The van der Waals surface area contributed by atoms with Crippen LogP contribution in [0.4, 0.5) is 0 Å². The zero-order chi connectivity index (χ0) is 8.69. The van der Waals surface area contributed by atoms with Crippen LogP contribution in [0.2, 0.25) is 0 Å². The smallest absolute Gasteiger partial charge is 0.0355 e. The topological polar surface area (TPSA) is 23.9 Å². The van der Waals surface area contributed by atoms with Gasteiger partial charge < -0.3 is 5.41 Å². The molecule has 0 atom stereocenters. The monoisotopic (exact) mass is 149 g/mol. The van der Waals surface area contributed by atoms with Crippen molar-refractivity contribution in [1.82, 2.24) is 0 Å². The van der Waals surface area contributed by atoms with Gasteiger partial charge in [0.15, 0.2) is 0 Å². The predicted molar refractivity (Wildman–Crippen MR) is 50.3 cm³/mol. The van der Waals surface area contributed by atoms with E-state index in [9.17, 15) is 0 Å². The standard InChI is InChI=1S/C8H9N.C2H6/c1-7(9)8-5-3-2-4-6-8;1-2/h2-6,9H,1H3;1-2H3. The minimum absolute atomic E-state index is 0.621. The molecule has 0 bridgehead atoms. The molecule has 0 saturated heterocycles. The van der Waals surface area contributed by atoms with Crippen molar-refractivity contribution >= 4 is 5.71 Å². The fourth-order valence-electron chi connectivity index (χ4n) is 0.688. The third-order valence-electron chi connectivity index (χ3n) is 1.21. The van der Waals surface area contributed by atoms with Crippen molar-refractivity contribution in [2.75, 3.05) is 0 Å². The van der Waals surface area contributed by atoms with E-state index in [0.29, 0.717) is 5.71 Å². The molecule has 1 N–H and O–H groups in total. The lowest BCUT2D eigenvalue weighted by Gasteiger charge is -1.92. The van der Waals surface area contributed by atoms with E-state index in [2.05, 4.69) is 0 Å². The highest BCUT2D eigenvalue weighted by atomic mass is 14.4. The van der Waals surface area contributed by atoms with E-state index < -0.39 is 0 Å². The van der Waals surface area contributed by atoms with Crippen molar-refractivity contribution in [2.24, 2.45) is 0 Å². The predicted octanol–water partition coefficient (Wildman–Crippen LogP) is 3.10. The number of rotatable bonds is 1. The van der Waals surface area contributed by atoms with Crippen molar-refractivity contribution in [1.29, 1.82) is 5.41 Å². The van der Waals surface area contributed by atoms with E-state index in [-0.39, 0.29) is 0 Å². The van der Waals surface area contributed by atoms with E-state index >= 15 is 0 Å². The molecule has 1 nitrogen and oxygen atoms in total. The van der Waals surface area contributed by atoms with Gasteiger partial charge in [-0.25, -0.2) is 0 Å². The first-order valence-corrected chi connectivity index (χ1v) is 3.91. The number of hydrogen-bond acceptors (Lipinski definition) is 1. The summed E-state index contributed by atoms with van der Waals surface area (Å²) in [6.45, 7) is 5.79. The van der Waals surface area contributed by atoms with Gasteiger partial charge in [0.1, 0.15) is 0 Å². The molecule has 11 heavy (non-hydrogen) atoms. The Morgan fingerprint density at radius 1 is 1.09 bits per heavy atom. The molecule has 0 unspecified atom stereocenters. The van der Waals surface area contributed by atoms with Crippen LogP contribution >= 0.6 is 0 Å². The Hall–Kier alpha value is -1.11. The highest BCUT2D eigenvalue weighted by Gasteiger charge is 1.88. The van der Waals surface area contributed by atoms with Crippen LogP contribution in [0.3, 0.4) is 0 Å². The molecule has 0 aliphatic heterocycles. The second-order valence-electron chi connectivity index (χ2n) is 1.99. The maximum atomic E-state index is 7.24. The summed E-state index contributed by atoms with van der Waals surface area (Å²) in [5.41, 5.74) is 1.62. The van der Waals surface area contributed by atoms with Crippen LogP contribution < -0.4 is 0 Å². The van der Waals surface area contributed by atoms with Gasteiger partial charge in [-0.3, -0.25) is 0 Å². The Balaban J connectivity index is 0.000000461. The van der Waals surface area contributed by atoms with Crippen molar-refractivity contribution in [3.8, 4) is 0 Å². The molecular formula is C10H15N. The van der Waals surface area contributed by atoms with Crippen LogP contribution in [0.15, 0.2) is 30.3 Å². The Morgan fingerprint density at radius 2 is 1.55 bits per heavy atom. The van der Waals surface area contributed by atoms with Gasteiger partial charge in [-0.1, -0.05) is 44.2 Å². The molecule has 0 heterocycles. The zero-order valence-electron chi connectivity index (χ0n) is 7.39. The molecule has 1 rings (SSSR count). The summed E-state index contributed by atoms with van der Waals surface area (Å²) < 4.78 is 0. The van der Waals surface area contributed by atoms with Gasteiger partial charge in [0.05, 0.1) is 0 Å². The summed E-state index contributed by atoms with van der Waals surface area (Å²) in [6, 6.07) is 9.69. The van der Waals surface area contributed by atoms with Gasteiger partial charge in [0.2, 0.25) is 0 Å². The summed E-state index contributed by atoms with van der Waals surface area (Å²) in [5, 5.41) is 7.24. The van der Waals surface area contributed by atoms with Gasteiger partial charge in [-0.05, 0) is 12.5 Å². The van der Waals surface area contributed by atoms with Gasteiger partial charge in [0.25, 0.3) is 0 Å². The first-order valence-electron chi connectivity index (χ1n) is 3.91. The first kappa shape index (κ1) is 9.89. The van der Waals surface area contributed by atoms with E-state index in [1.807, 2.05) is 44.2 Å². The molecule has 0 radical (unpaired) electrons. The average molecular weight is 149 g/mol. The van der Waals surface area contributed by atoms with Gasteiger partial charge in [-0.15, -0.1) is 0 Å². The van der Waals surface area contributed by atoms with E-state index in [4.69, 9.17) is 5.41 Å². The number of nitrogens with one attached hydrogen (secondary N) is 1. The second-order valence-corrected chi connectivity index (χ2v) is 1.99.